The van der Waals surface area contributed by atoms with Crippen LogP contribution in [0.25, 0.3) is 0 Å². The Hall–Kier alpha value is 0.300. The molecule has 90 valence electrons. The predicted molar refractivity (Wildman–Crippen MR) is 58.0 cm³/mol. The fourth-order valence-electron chi connectivity index (χ4n) is 0.740. The Kier molecular flexibility index (Phi) is 16.5. The zero-order valence-corrected chi connectivity index (χ0v) is 12.2. The molecule has 0 saturated carbocycles. The van der Waals surface area contributed by atoms with Gasteiger partial charge in [-0.3, -0.25) is 7.05 Å². The van der Waals surface area contributed by atoms with E-state index in [0.717, 1.165) is 0 Å². The number of hydrogen-bond acceptors (Lipinski definition) is 2. The van der Waals surface area contributed by atoms with Crippen LogP contribution >= 0.6 is 11.6 Å². The van der Waals surface area contributed by atoms with E-state index in [2.05, 4.69) is 7.05 Å². The first-order chi connectivity index (χ1) is 5.58. The molecule has 0 radical (unpaired) electrons. The van der Waals surface area contributed by atoms with Crippen LogP contribution in [0.2, 0.25) is 5.02 Å². The molecule has 6 nitrogen and oxygen atoms in total. The monoisotopic (exact) mass is 281 g/mol. The van der Waals surface area contributed by atoms with Gasteiger partial charge in [-0.05, 0) is 12.1 Å². The second-order valence-corrected chi connectivity index (χ2v) is 4.22. The van der Waals surface area contributed by atoms with Gasteiger partial charge in [0.05, 0.1) is 9.92 Å². The molecule has 0 aromatic heterocycles. The summed E-state index contributed by atoms with van der Waals surface area (Å²) in [6.07, 6.45) is 0. The Morgan fingerprint density at radius 1 is 1.12 bits per heavy atom. The quantitative estimate of drug-likeness (QED) is 0.435. The van der Waals surface area contributed by atoms with E-state index in [0.29, 0.717) is 0 Å². The van der Waals surface area contributed by atoms with Gasteiger partial charge >= 0.3 is 29.6 Å². The van der Waals surface area contributed by atoms with Gasteiger partial charge in [0.2, 0.25) is 10.0 Å². The largest absolute Gasteiger partial charge is 1.00 e. The fraction of sp³-hybridized carbons (Fsp3) is 0. The number of benzene rings is 1. The predicted octanol–water partition coefficient (Wildman–Crippen LogP) is -4.06. The maximum Gasteiger partial charge on any atom is 1.00 e. The Morgan fingerprint density at radius 3 is 1.94 bits per heavy atom. The molecule has 0 spiro atoms. The maximum absolute atomic E-state index is 11.2. The molecule has 0 atom stereocenters. The molecule has 9 heteroatoms. The van der Waals surface area contributed by atoms with Crippen molar-refractivity contribution >= 4 is 21.6 Å². The average Bonchev–Trinajstić information content (AvgIpc) is 2.05. The third-order valence-electron chi connectivity index (χ3n) is 1.32. The first-order valence-electron chi connectivity index (χ1n) is 3.11. The van der Waals surface area contributed by atoms with E-state index in [4.69, 9.17) is 11.6 Å². The third-order valence-corrected chi connectivity index (χ3v) is 3.07. The van der Waals surface area contributed by atoms with Crippen molar-refractivity contribution in [3.63, 3.8) is 0 Å². The summed E-state index contributed by atoms with van der Waals surface area (Å²) in [4.78, 5) is 0.0432. The topological polar surface area (TPSA) is 141 Å². The molecule has 1 rings (SSSR count). The molecule has 1 aromatic rings. The molecule has 0 aliphatic carbocycles. The maximum atomic E-state index is 11.2. The van der Waals surface area contributed by atoms with Crippen molar-refractivity contribution in [2.45, 2.75) is 4.90 Å². The van der Waals surface area contributed by atoms with Crippen LogP contribution in [0.3, 0.4) is 0 Å². The molecular weight excluding hydrogens is 269 g/mol. The summed E-state index contributed by atoms with van der Waals surface area (Å²) < 4.78 is 24.3. The summed E-state index contributed by atoms with van der Waals surface area (Å²) in [5.41, 5.74) is 0. The van der Waals surface area contributed by atoms with Crippen molar-refractivity contribution in [2.24, 2.45) is 0 Å². The SMILES string of the molecule is O.O.O.[CH2-]NS(=O)(=O)c1ccccc1Cl.[Na+]. The standard InChI is InChI=1S/C7H7ClNO2S.Na.3H2O/c1-9-12(10,11)7-5-3-2-4-6(7)8;;;;/h2-5,9H,1H2;;3*1H2/q-1;+1;;;. The van der Waals surface area contributed by atoms with Crippen LogP contribution in [0, 0.1) is 7.05 Å². The van der Waals surface area contributed by atoms with Crippen molar-refractivity contribution in [3.05, 3.63) is 36.3 Å². The zero-order valence-electron chi connectivity index (χ0n) is 8.62. The number of sulfonamides is 1. The van der Waals surface area contributed by atoms with E-state index < -0.39 is 10.0 Å². The number of rotatable bonds is 2. The van der Waals surface area contributed by atoms with Crippen molar-refractivity contribution in [3.8, 4) is 0 Å². The summed E-state index contributed by atoms with van der Waals surface area (Å²) in [5, 5.41) is 0.189. The molecule has 0 heterocycles. The second-order valence-electron chi connectivity index (χ2n) is 2.08. The van der Waals surface area contributed by atoms with Crippen LogP contribution in [0.15, 0.2) is 29.2 Å². The molecule has 0 bridgehead atoms. The minimum atomic E-state index is -3.52. The van der Waals surface area contributed by atoms with Gasteiger partial charge in [-0.2, -0.15) is 0 Å². The molecular formula is C7H13ClNNaO5S. The van der Waals surface area contributed by atoms with Gasteiger partial charge in [0.15, 0.2) is 0 Å². The van der Waals surface area contributed by atoms with Crippen molar-refractivity contribution < 1.29 is 54.4 Å². The van der Waals surface area contributed by atoms with Crippen LogP contribution < -0.4 is 34.3 Å². The molecule has 0 fully saturated rings. The minimum absolute atomic E-state index is 0. The van der Waals surface area contributed by atoms with E-state index in [1.54, 1.807) is 12.1 Å². The zero-order chi connectivity index (χ0) is 9.19. The second kappa shape index (κ2) is 10.5. The van der Waals surface area contributed by atoms with Gasteiger partial charge in [-0.1, -0.05) is 23.7 Å². The number of hydrogen-bond donors (Lipinski definition) is 1. The van der Waals surface area contributed by atoms with Gasteiger partial charge in [-0.15, -0.1) is 0 Å². The van der Waals surface area contributed by atoms with E-state index in [1.807, 2.05) is 4.72 Å². The smallest absolute Gasteiger partial charge is 0.412 e. The van der Waals surface area contributed by atoms with Crippen LogP contribution in [-0.4, -0.2) is 24.8 Å². The summed E-state index contributed by atoms with van der Waals surface area (Å²) in [5.74, 6) is 0. The van der Waals surface area contributed by atoms with Crippen LogP contribution in [-0.2, 0) is 10.0 Å². The molecule has 1 aromatic carbocycles. The van der Waals surface area contributed by atoms with E-state index in [9.17, 15) is 8.42 Å². The van der Waals surface area contributed by atoms with Gasteiger partial charge in [0.1, 0.15) is 0 Å². The van der Waals surface area contributed by atoms with E-state index >= 15 is 0 Å². The van der Waals surface area contributed by atoms with Gasteiger partial charge in [0.25, 0.3) is 0 Å². The molecule has 16 heavy (non-hydrogen) atoms. The normalized spacial score (nSPS) is 8.62. The Balaban J connectivity index is -0.000000180. The molecule has 0 aliphatic rings. The summed E-state index contributed by atoms with van der Waals surface area (Å²) in [6.45, 7) is 0. The number of nitrogens with one attached hydrogen (secondary N) is 1. The molecule has 0 saturated heterocycles. The minimum Gasteiger partial charge on any atom is -0.412 e. The van der Waals surface area contributed by atoms with Crippen LogP contribution in [0.4, 0.5) is 0 Å². The first-order valence-corrected chi connectivity index (χ1v) is 4.97. The van der Waals surface area contributed by atoms with Gasteiger partial charge in [0, 0.05) is 0 Å². The van der Waals surface area contributed by atoms with Crippen molar-refractivity contribution in [1.29, 1.82) is 0 Å². The molecule has 0 unspecified atom stereocenters. The third kappa shape index (κ3) is 6.14. The number of halogens is 1. The Morgan fingerprint density at radius 2 is 1.56 bits per heavy atom. The average molecular weight is 282 g/mol. The van der Waals surface area contributed by atoms with Crippen molar-refractivity contribution in [1.82, 2.24) is 4.72 Å². The van der Waals surface area contributed by atoms with E-state index in [1.165, 1.54) is 12.1 Å². The van der Waals surface area contributed by atoms with E-state index in [-0.39, 0.29) is 55.9 Å². The Bertz CT molecular complexity index is 386. The summed E-state index contributed by atoms with van der Waals surface area (Å²) in [6, 6.07) is 6.17. The van der Waals surface area contributed by atoms with Gasteiger partial charge < -0.3 is 21.2 Å². The van der Waals surface area contributed by atoms with Gasteiger partial charge in [-0.25, -0.2) is 8.42 Å². The van der Waals surface area contributed by atoms with Crippen LogP contribution in [0.5, 0.6) is 0 Å². The molecule has 0 aliphatic heterocycles. The van der Waals surface area contributed by atoms with Crippen molar-refractivity contribution in [2.75, 3.05) is 0 Å². The summed E-state index contributed by atoms with van der Waals surface area (Å²) >= 11 is 5.64. The summed E-state index contributed by atoms with van der Waals surface area (Å²) in [7, 11) is -0.444. The fourth-order valence-corrected chi connectivity index (χ4v) is 1.92. The molecule has 7 N–H and O–H groups in total. The first kappa shape index (κ1) is 25.2. The Labute approximate surface area is 121 Å². The van der Waals surface area contributed by atoms with Crippen LogP contribution in [0.1, 0.15) is 0 Å². The molecule has 0 amide bonds.